The lowest BCUT2D eigenvalue weighted by molar-refractivity contribution is 0.106. The summed E-state index contributed by atoms with van der Waals surface area (Å²) in [6.45, 7) is 7.08. The van der Waals surface area contributed by atoms with Crippen LogP contribution in [0.1, 0.15) is 37.4 Å². The van der Waals surface area contributed by atoms with Crippen LogP contribution in [-0.4, -0.2) is 40.9 Å². The van der Waals surface area contributed by atoms with Gasteiger partial charge in [-0.1, -0.05) is 13.3 Å². The van der Waals surface area contributed by atoms with Crippen molar-refractivity contribution in [1.82, 2.24) is 14.7 Å². The van der Waals surface area contributed by atoms with Gasteiger partial charge in [0.15, 0.2) is 0 Å². The highest BCUT2D eigenvalue weighted by molar-refractivity contribution is 5.31. The maximum absolute atomic E-state index is 5.98. The Bertz CT molecular complexity index is 443. The van der Waals surface area contributed by atoms with Crippen molar-refractivity contribution in [3.8, 4) is 5.88 Å². The minimum atomic E-state index is 0.484. The summed E-state index contributed by atoms with van der Waals surface area (Å²) in [4.78, 5) is 2.50. The van der Waals surface area contributed by atoms with E-state index in [1.807, 2.05) is 18.7 Å². The predicted molar refractivity (Wildman–Crippen MR) is 80.8 cm³/mol. The molecule has 0 bridgehead atoms. The molecular weight excluding hydrogens is 252 g/mol. The van der Waals surface area contributed by atoms with Crippen molar-refractivity contribution >= 4 is 0 Å². The number of aryl methyl sites for hydroxylation is 2. The molecule has 5 nitrogen and oxygen atoms in total. The van der Waals surface area contributed by atoms with Crippen molar-refractivity contribution < 1.29 is 4.74 Å². The van der Waals surface area contributed by atoms with Crippen molar-refractivity contribution in [3.63, 3.8) is 0 Å². The lowest BCUT2D eigenvalue weighted by Gasteiger charge is -2.38. The molecule has 1 aromatic heterocycles. The van der Waals surface area contributed by atoms with E-state index in [1.165, 1.54) is 24.8 Å². The fourth-order valence-corrected chi connectivity index (χ4v) is 3.33. The molecule has 0 spiro atoms. The third-order valence-corrected chi connectivity index (χ3v) is 4.64. The monoisotopic (exact) mass is 280 g/mol. The highest BCUT2D eigenvalue weighted by atomic mass is 16.5. The predicted octanol–water partition coefficient (Wildman–Crippen LogP) is 1.69. The molecule has 0 aromatic carbocycles. The average molecular weight is 280 g/mol. The van der Waals surface area contributed by atoms with Crippen LogP contribution in [0.2, 0.25) is 0 Å². The van der Waals surface area contributed by atoms with E-state index in [0.717, 1.165) is 37.1 Å². The van der Waals surface area contributed by atoms with E-state index in [2.05, 4.69) is 16.9 Å². The molecule has 1 aromatic rings. The molecule has 5 heteroatoms. The van der Waals surface area contributed by atoms with Crippen LogP contribution in [0.4, 0.5) is 0 Å². The fraction of sp³-hybridized carbons (Fsp3) is 0.800. The van der Waals surface area contributed by atoms with E-state index >= 15 is 0 Å². The van der Waals surface area contributed by atoms with E-state index in [1.54, 1.807) is 7.11 Å². The van der Waals surface area contributed by atoms with E-state index in [4.69, 9.17) is 10.5 Å². The van der Waals surface area contributed by atoms with E-state index in [9.17, 15) is 0 Å². The zero-order chi connectivity index (χ0) is 14.7. The molecule has 0 saturated carbocycles. The first-order valence-electron chi connectivity index (χ1n) is 7.61. The molecule has 20 heavy (non-hydrogen) atoms. The van der Waals surface area contributed by atoms with Gasteiger partial charge in [0.2, 0.25) is 5.88 Å². The number of piperidine rings is 1. The molecule has 2 N–H and O–H groups in total. The smallest absolute Gasteiger partial charge is 0.216 e. The Balaban J connectivity index is 2.13. The molecule has 0 amide bonds. The number of rotatable bonds is 5. The quantitative estimate of drug-likeness (QED) is 0.891. The lowest BCUT2D eigenvalue weighted by atomic mass is 9.88. The van der Waals surface area contributed by atoms with Crippen molar-refractivity contribution in [1.29, 1.82) is 0 Å². The molecule has 2 rings (SSSR count). The van der Waals surface area contributed by atoms with Crippen molar-refractivity contribution in [2.75, 3.05) is 20.2 Å². The van der Waals surface area contributed by atoms with Crippen LogP contribution in [0.5, 0.6) is 5.88 Å². The summed E-state index contributed by atoms with van der Waals surface area (Å²) in [5.74, 6) is 1.70. The van der Waals surface area contributed by atoms with Crippen molar-refractivity contribution in [2.24, 2.45) is 18.7 Å². The zero-order valence-electron chi connectivity index (χ0n) is 13.2. The van der Waals surface area contributed by atoms with E-state index in [0.29, 0.717) is 6.04 Å². The molecule has 1 fully saturated rings. The van der Waals surface area contributed by atoms with Gasteiger partial charge < -0.3 is 10.5 Å². The number of nitrogens with zero attached hydrogens (tertiary/aromatic N) is 3. The maximum Gasteiger partial charge on any atom is 0.216 e. The molecule has 1 aliphatic heterocycles. The average Bonchev–Trinajstić information content (AvgIpc) is 2.73. The number of hydrogen-bond donors (Lipinski definition) is 1. The standard InChI is InChI=1S/C15H28N4O/c1-5-12-6-7-19(13(8-12)9-16)10-14-11(2)17-18(3)15(14)20-4/h12-13H,5-10,16H2,1-4H3. The summed E-state index contributed by atoms with van der Waals surface area (Å²) in [7, 11) is 3.64. The molecule has 2 atom stereocenters. The van der Waals surface area contributed by atoms with Gasteiger partial charge in [0.05, 0.1) is 18.4 Å². The first-order valence-corrected chi connectivity index (χ1v) is 7.61. The third kappa shape index (κ3) is 2.99. The van der Waals surface area contributed by atoms with Crippen LogP contribution in [0, 0.1) is 12.8 Å². The molecular formula is C15H28N4O. The summed E-state index contributed by atoms with van der Waals surface area (Å²) < 4.78 is 7.31. The summed E-state index contributed by atoms with van der Waals surface area (Å²) in [6.07, 6.45) is 3.75. The Kier molecular flexibility index (Phi) is 5.05. The van der Waals surface area contributed by atoms with Gasteiger partial charge in [0.25, 0.3) is 0 Å². The number of methoxy groups -OCH3 is 1. The molecule has 0 aliphatic carbocycles. The Morgan fingerprint density at radius 2 is 2.20 bits per heavy atom. The van der Waals surface area contributed by atoms with Gasteiger partial charge in [-0.25, -0.2) is 4.68 Å². The minimum absolute atomic E-state index is 0.484. The number of hydrogen-bond acceptors (Lipinski definition) is 4. The first-order chi connectivity index (χ1) is 9.60. The maximum atomic E-state index is 5.98. The largest absolute Gasteiger partial charge is 0.481 e. The van der Waals surface area contributed by atoms with Crippen molar-refractivity contribution in [2.45, 2.75) is 45.7 Å². The van der Waals surface area contributed by atoms with Gasteiger partial charge in [0.1, 0.15) is 0 Å². The number of ether oxygens (including phenoxy) is 1. The highest BCUT2D eigenvalue weighted by Crippen LogP contribution is 2.29. The molecule has 114 valence electrons. The van der Waals surface area contributed by atoms with Gasteiger partial charge in [-0.05, 0) is 32.2 Å². The van der Waals surface area contributed by atoms with Crippen LogP contribution < -0.4 is 10.5 Å². The van der Waals surface area contributed by atoms with E-state index in [-0.39, 0.29) is 0 Å². The topological polar surface area (TPSA) is 56.3 Å². The summed E-state index contributed by atoms with van der Waals surface area (Å²) in [5, 5.41) is 4.46. The summed E-state index contributed by atoms with van der Waals surface area (Å²) in [5.41, 5.74) is 8.24. The van der Waals surface area contributed by atoms with Gasteiger partial charge >= 0.3 is 0 Å². The second kappa shape index (κ2) is 6.59. The second-order valence-electron chi connectivity index (χ2n) is 5.86. The Morgan fingerprint density at radius 1 is 1.45 bits per heavy atom. The van der Waals surface area contributed by atoms with E-state index < -0.39 is 0 Å². The Labute approximate surface area is 122 Å². The molecule has 2 unspecified atom stereocenters. The minimum Gasteiger partial charge on any atom is -0.481 e. The SMILES string of the molecule is CCC1CCN(Cc2c(C)nn(C)c2OC)C(CN)C1. The lowest BCUT2D eigenvalue weighted by Crippen LogP contribution is -2.46. The Morgan fingerprint density at radius 3 is 2.80 bits per heavy atom. The van der Waals surface area contributed by atoms with Gasteiger partial charge in [-0.15, -0.1) is 0 Å². The van der Waals surface area contributed by atoms with Gasteiger partial charge in [-0.3, -0.25) is 4.90 Å². The fourth-order valence-electron chi connectivity index (χ4n) is 3.33. The van der Waals surface area contributed by atoms with Crippen molar-refractivity contribution in [3.05, 3.63) is 11.3 Å². The van der Waals surface area contributed by atoms with Crippen LogP contribution in [0.15, 0.2) is 0 Å². The Hall–Kier alpha value is -1.07. The third-order valence-electron chi connectivity index (χ3n) is 4.64. The van der Waals surface area contributed by atoms with Crippen LogP contribution in [0.3, 0.4) is 0 Å². The van der Waals surface area contributed by atoms with Gasteiger partial charge in [-0.2, -0.15) is 5.10 Å². The molecule has 1 aliphatic rings. The number of aromatic nitrogens is 2. The summed E-state index contributed by atoms with van der Waals surface area (Å²) in [6, 6.07) is 0.484. The highest BCUT2D eigenvalue weighted by Gasteiger charge is 2.28. The molecule has 2 heterocycles. The van der Waals surface area contributed by atoms with Crippen LogP contribution in [-0.2, 0) is 13.6 Å². The zero-order valence-corrected chi connectivity index (χ0v) is 13.2. The molecule has 1 saturated heterocycles. The molecule has 0 radical (unpaired) electrons. The first kappa shape index (κ1) is 15.3. The number of nitrogens with two attached hydrogens (primary N) is 1. The van der Waals surface area contributed by atoms with Crippen LogP contribution in [0.25, 0.3) is 0 Å². The second-order valence-corrected chi connectivity index (χ2v) is 5.86. The van der Waals surface area contributed by atoms with Gasteiger partial charge in [0, 0.05) is 26.2 Å². The van der Waals surface area contributed by atoms with Crippen LogP contribution >= 0.6 is 0 Å². The normalized spacial score (nSPS) is 24.1. The number of likely N-dealkylation sites (tertiary alicyclic amines) is 1. The summed E-state index contributed by atoms with van der Waals surface area (Å²) >= 11 is 0.